The van der Waals surface area contributed by atoms with Crippen LogP contribution in [0.4, 0.5) is 0 Å². The second-order valence-electron chi connectivity index (χ2n) is 3.52. The number of unbranched alkanes of at least 4 members (excludes halogenated alkanes) is 1. The molecule has 3 nitrogen and oxygen atoms in total. The molecule has 0 heterocycles. The van der Waals surface area contributed by atoms with Gasteiger partial charge in [-0.3, -0.25) is 4.99 Å². The van der Waals surface area contributed by atoms with Crippen molar-refractivity contribution < 1.29 is 8.42 Å². The Morgan fingerprint density at radius 3 is 2.53 bits per heavy atom. The first-order chi connectivity index (χ1) is 6.99. The molecule has 0 aromatic carbocycles. The Labute approximate surface area is 93.2 Å². The topological polar surface area (TPSA) is 46.5 Å². The molecule has 4 heteroatoms. The molecular formula is C11H21NO2S. The SMILES string of the molecule is C=CCCCC(C(C)=NC)S(=O)(=O)CC. The van der Waals surface area contributed by atoms with Gasteiger partial charge in [0.25, 0.3) is 0 Å². The molecular weight excluding hydrogens is 210 g/mol. The predicted octanol–water partition coefficient (Wildman–Crippen LogP) is 2.24. The number of hydrogen-bond donors (Lipinski definition) is 0. The Morgan fingerprint density at radius 1 is 1.53 bits per heavy atom. The summed E-state index contributed by atoms with van der Waals surface area (Å²) in [6, 6.07) is 0. The monoisotopic (exact) mass is 231 g/mol. The average molecular weight is 231 g/mol. The molecule has 0 aliphatic heterocycles. The first-order valence-corrected chi connectivity index (χ1v) is 6.96. The highest BCUT2D eigenvalue weighted by molar-refractivity contribution is 7.92. The minimum absolute atomic E-state index is 0.179. The summed E-state index contributed by atoms with van der Waals surface area (Å²) >= 11 is 0. The van der Waals surface area contributed by atoms with E-state index in [0.29, 0.717) is 12.1 Å². The normalized spacial score (nSPS) is 15.0. The fourth-order valence-electron chi connectivity index (χ4n) is 1.44. The third-order valence-corrected chi connectivity index (χ3v) is 4.78. The van der Waals surface area contributed by atoms with E-state index >= 15 is 0 Å². The molecule has 0 amide bonds. The first-order valence-electron chi connectivity index (χ1n) is 5.25. The van der Waals surface area contributed by atoms with E-state index in [2.05, 4.69) is 11.6 Å². The Hall–Kier alpha value is -0.640. The highest BCUT2D eigenvalue weighted by atomic mass is 32.2. The van der Waals surface area contributed by atoms with Gasteiger partial charge in [-0.2, -0.15) is 0 Å². The van der Waals surface area contributed by atoms with Gasteiger partial charge < -0.3 is 0 Å². The van der Waals surface area contributed by atoms with E-state index in [1.807, 2.05) is 6.08 Å². The molecule has 0 saturated heterocycles. The van der Waals surface area contributed by atoms with Crippen LogP contribution < -0.4 is 0 Å². The second kappa shape index (κ2) is 6.77. The van der Waals surface area contributed by atoms with E-state index in [1.165, 1.54) is 0 Å². The molecule has 0 N–H and O–H groups in total. The van der Waals surface area contributed by atoms with Crippen LogP contribution in [0, 0.1) is 0 Å². The van der Waals surface area contributed by atoms with Crippen molar-refractivity contribution in [3.8, 4) is 0 Å². The van der Waals surface area contributed by atoms with Crippen molar-refractivity contribution in [2.45, 2.75) is 38.4 Å². The standard InChI is InChI=1S/C11H21NO2S/c1-5-7-8-9-11(10(3)12-4)15(13,14)6-2/h5,11H,1,6-9H2,2-4H3. The smallest absolute Gasteiger partial charge is 0.158 e. The molecule has 0 aliphatic carbocycles. The minimum Gasteiger partial charge on any atom is -0.296 e. The van der Waals surface area contributed by atoms with Crippen LogP contribution in [0.15, 0.2) is 17.6 Å². The first kappa shape index (κ1) is 14.4. The van der Waals surface area contributed by atoms with Crippen molar-refractivity contribution >= 4 is 15.5 Å². The van der Waals surface area contributed by atoms with E-state index in [1.54, 1.807) is 20.9 Å². The number of nitrogens with zero attached hydrogens (tertiary/aromatic N) is 1. The maximum atomic E-state index is 11.8. The molecule has 15 heavy (non-hydrogen) atoms. The predicted molar refractivity (Wildman–Crippen MR) is 66.3 cm³/mol. The van der Waals surface area contributed by atoms with Crippen molar-refractivity contribution in [1.82, 2.24) is 0 Å². The number of rotatable bonds is 7. The zero-order valence-corrected chi connectivity index (χ0v) is 10.7. The van der Waals surface area contributed by atoms with Gasteiger partial charge in [0.05, 0.1) is 5.25 Å². The maximum absolute atomic E-state index is 11.8. The van der Waals surface area contributed by atoms with E-state index in [9.17, 15) is 8.42 Å². The number of hydrogen-bond acceptors (Lipinski definition) is 3. The number of aliphatic imine (C=N–C) groups is 1. The summed E-state index contributed by atoms with van der Waals surface area (Å²) in [5.41, 5.74) is 0.709. The molecule has 0 bridgehead atoms. The lowest BCUT2D eigenvalue weighted by molar-refractivity contribution is 0.585. The zero-order chi connectivity index (χ0) is 11.9. The summed E-state index contributed by atoms with van der Waals surface area (Å²) in [5.74, 6) is 0.179. The van der Waals surface area contributed by atoms with Crippen LogP contribution in [0.3, 0.4) is 0 Å². The van der Waals surface area contributed by atoms with Gasteiger partial charge in [-0.25, -0.2) is 8.42 Å². The van der Waals surface area contributed by atoms with Crippen LogP contribution in [0.1, 0.15) is 33.1 Å². The Kier molecular flexibility index (Phi) is 6.48. The fraction of sp³-hybridized carbons (Fsp3) is 0.727. The number of sulfone groups is 1. The molecule has 0 spiro atoms. The second-order valence-corrected chi connectivity index (χ2v) is 6.00. The summed E-state index contributed by atoms with van der Waals surface area (Å²) in [4.78, 5) is 3.99. The Bertz CT molecular complexity index is 317. The van der Waals surface area contributed by atoms with Crippen molar-refractivity contribution in [3.63, 3.8) is 0 Å². The lowest BCUT2D eigenvalue weighted by atomic mass is 10.1. The molecule has 0 aromatic heterocycles. The molecule has 0 fully saturated rings. The summed E-state index contributed by atoms with van der Waals surface area (Å²) in [7, 11) is -1.38. The molecule has 1 atom stereocenters. The van der Waals surface area contributed by atoms with Gasteiger partial charge in [0, 0.05) is 18.5 Å². The minimum atomic E-state index is -3.02. The third kappa shape index (κ3) is 4.60. The van der Waals surface area contributed by atoms with Crippen LogP contribution in [0.5, 0.6) is 0 Å². The van der Waals surface area contributed by atoms with Crippen molar-refractivity contribution in [1.29, 1.82) is 0 Å². The summed E-state index contributed by atoms with van der Waals surface area (Å²) in [6.07, 6.45) is 4.16. The molecule has 0 aliphatic rings. The van der Waals surface area contributed by atoms with Crippen LogP contribution >= 0.6 is 0 Å². The van der Waals surface area contributed by atoms with E-state index in [4.69, 9.17) is 0 Å². The lowest BCUT2D eigenvalue weighted by Crippen LogP contribution is -2.30. The molecule has 0 aromatic rings. The number of allylic oxidation sites excluding steroid dienone is 1. The zero-order valence-electron chi connectivity index (χ0n) is 9.86. The quantitative estimate of drug-likeness (QED) is 0.383. The van der Waals surface area contributed by atoms with E-state index < -0.39 is 15.1 Å². The fourth-order valence-corrected chi connectivity index (χ4v) is 2.99. The van der Waals surface area contributed by atoms with Crippen LogP contribution in [0.2, 0.25) is 0 Å². The summed E-state index contributed by atoms with van der Waals surface area (Å²) in [6.45, 7) is 7.09. The van der Waals surface area contributed by atoms with E-state index in [0.717, 1.165) is 12.8 Å². The van der Waals surface area contributed by atoms with E-state index in [-0.39, 0.29) is 5.75 Å². The summed E-state index contributed by atoms with van der Waals surface area (Å²) < 4.78 is 23.6. The van der Waals surface area contributed by atoms with Gasteiger partial charge in [0.2, 0.25) is 0 Å². The molecule has 88 valence electrons. The van der Waals surface area contributed by atoms with Gasteiger partial charge in [-0.15, -0.1) is 6.58 Å². The van der Waals surface area contributed by atoms with Crippen molar-refractivity contribution in [3.05, 3.63) is 12.7 Å². The van der Waals surface area contributed by atoms with Gasteiger partial charge >= 0.3 is 0 Å². The van der Waals surface area contributed by atoms with Gasteiger partial charge in [-0.05, 0) is 26.2 Å². The van der Waals surface area contributed by atoms with Crippen LogP contribution in [-0.2, 0) is 9.84 Å². The summed E-state index contributed by atoms with van der Waals surface area (Å²) in [5, 5.41) is -0.410. The molecule has 1 unspecified atom stereocenters. The maximum Gasteiger partial charge on any atom is 0.158 e. The lowest BCUT2D eigenvalue weighted by Gasteiger charge is -2.15. The Morgan fingerprint density at radius 2 is 2.13 bits per heavy atom. The largest absolute Gasteiger partial charge is 0.296 e. The third-order valence-electron chi connectivity index (χ3n) is 2.53. The highest BCUT2D eigenvalue weighted by Gasteiger charge is 2.25. The van der Waals surface area contributed by atoms with Crippen LogP contribution in [0.25, 0.3) is 0 Å². The van der Waals surface area contributed by atoms with Crippen molar-refractivity contribution in [2.75, 3.05) is 12.8 Å². The Balaban J connectivity index is 4.68. The average Bonchev–Trinajstić information content (AvgIpc) is 2.23. The molecule has 0 saturated carbocycles. The van der Waals surface area contributed by atoms with Crippen molar-refractivity contribution in [2.24, 2.45) is 4.99 Å². The van der Waals surface area contributed by atoms with Gasteiger partial charge in [-0.1, -0.05) is 13.0 Å². The van der Waals surface area contributed by atoms with Gasteiger partial charge in [0.1, 0.15) is 0 Å². The molecule has 0 radical (unpaired) electrons. The highest BCUT2D eigenvalue weighted by Crippen LogP contribution is 2.13. The van der Waals surface area contributed by atoms with Crippen LogP contribution in [-0.4, -0.2) is 32.2 Å². The molecule has 0 rings (SSSR count). The van der Waals surface area contributed by atoms with Gasteiger partial charge in [0.15, 0.2) is 9.84 Å².